The minimum absolute atomic E-state index is 0. The molecular formula is C21H25ClN2O. The van der Waals surface area contributed by atoms with Crippen molar-refractivity contribution in [3.05, 3.63) is 70.8 Å². The van der Waals surface area contributed by atoms with Gasteiger partial charge in [0.25, 0.3) is 0 Å². The Balaban J connectivity index is 0.00000182. The van der Waals surface area contributed by atoms with Crippen LogP contribution in [0.2, 0.25) is 0 Å². The molecule has 4 heteroatoms. The van der Waals surface area contributed by atoms with Gasteiger partial charge in [-0.1, -0.05) is 48.5 Å². The van der Waals surface area contributed by atoms with Crippen molar-refractivity contribution in [2.75, 3.05) is 20.1 Å². The number of halogens is 1. The van der Waals surface area contributed by atoms with Crippen LogP contribution in [0.3, 0.4) is 0 Å². The summed E-state index contributed by atoms with van der Waals surface area (Å²) in [6, 6.07) is 17.7. The van der Waals surface area contributed by atoms with E-state index in [4.69, 9.17) is 0 Å². The molecular weight excluding hydrogens is 332 g/mol. The van der Waals surface area contributed by atoms with Crippen molar-refractivity contribution in [3.63, 3.8) is 0 Å². The van der Waals surface area contributed by atoms with Gasteiger partial charge in [-0.25, -0.2) is 0 Å². The second-order valence-electron chi connectivity index (χ2n) is 6.94. The third-order valence-corrected chi connectivity index (χ3v) is 5.59. The van der Waals surface area contributed by atoms with E-state index < -0.39 is 0 Å². The molecule has 0 saturated carbocycles. The van der Waals surface area contributed by atoms with Crippen molar-refractivity contribution in [1.29, 1.82) is 0 Å². The highest BCUT2D eigenvalue weighted by molar-refractivity contribution is 5.85. The molecule has 1 atom stereocenters. The molecule has 2 bridgehead atoms. The molecule has 2 aromatic carbocycles. The molecule has 1 unspecified atom stereocenters. The van der Waals surface area contributed by atoms with Gasteiger partial charge in [0.15, 0.2) is 0 Å². The molecule has 2 aromatic rings. The largest absolute Gasteiger partial charge is 0.356 e. The lowest BCUT2D eigenvalue weighted by Gasteiger charge is -2.45. The highest BCUT2D eigenvalue weighted by atomic mass is 35.5. The molecule has 3 aliphatic carbocycles. The van der Waals surface area contributed by atoms with Crippen LogP contribution in [-0.4, -0.2) is 26.0 Å². The first-order chi connectivity index (χ1) is 11.8. The van der Waals surface area contributed by atoms with Crippen LogP contribution in [0.4, 0.5) is 0 Å². The van der Waals surface area contributed by atoms with Crippen LogP contribution in [0.25, 0.3) is 0 Å². The van der Waals surface area contributed by atoms with E-state index in [-0.39, 0.29) is 18.3 Å². The Kier molecular flexibility index (Phi) is 5.45. The topological polar surface area (TPSA) is 41.1 Å². The molecule has 0 aromatic heterocycles. The Hall–Kier alpha value is -1.84. The van der Waals surface area contributed by atoms with E-state index in [9.17, 15) is 4.79 Å². The summed E-state index contributed by atoms with van der Waals surface area (Å²) in [6.45, 7) is 1.50. The van der Waals surface area contributed by atoms with Gasteiger partial charge in [0.2, 0.25) is 5.91 Å². The van der Waals surface area contributed by atoms with Gasteiger partial charge in [0, 0.05) is 31.3 Å². The molecule has 1 amide bonds. The second-order valence-corrected chi connectivity index (χ2v) is 6.94. The summed E-state index contributed by atoms with van der Waals surface area (Å²) in [5.74, 6) is 1.51. The number of hydrogen-bond donors (Lipinski definition) is 2. The highest BCUT2D eigenvalue weighted by Gasteiger charge is 2.42. The average molecular weight is 357 g/mol. The average Bonchev–Trinajstić information content (AvgIpc) is 2.65. The number of rotatable bonds is 5. The smallest absolute Gasteiger partial charge is 0.221 e. The number of carbonyl (C=O) groups excluding carboxylic acids is 1. The van der Waals surface area contributed by atoms with Crippen LogP contribution in [0.5, 0.6) is 0 Å². The summed E-state index contributed by atoms with van der Waals surface area (Å²) < 4.78 is 0. The number of carbonyl (C=O) groups is 1. The Bertz CT molecular complexity index is 714. The minimum atomic E-state index is 0. The van der Waals surface area contributed by atoms with Crippen LogP contribution in [0.1, 0.15) is 46.9 Å². The van der Waals surface area contributed by atoms with Crippen LogP contribution in [-0.2, 0) is 4.79 Å². The van der Waals surface area contributed by atoms with E-state index in [0.717, 1.165) is 19.5 Å². The summed E-state index contributed by atoms with van der Waals surface area (Å²) in [5.41, 5.74) is 5.89. The van der Waals surface area contributed by atoms with Gasteiger partial charge in [-0.15, -0.1) is 12.4 Å². The van der Waals surface area contributed by atoms with Crippen LogP contribution in [0.15, 0.2) is 48.5 Å². The van der Waals surface area contributed by atoms with Crippen molar-refractivity contribution in [2.24, 2.45) is 5.92 Å². The number of amides is 1. The first-order valence-corrected chi connectivity index (χ1v) is 8.88. The van der Waals surface area contributed by atoms with E-state index in [1.807, 2.05) is 7.05 Å². The lowest BCUT2D eigenvalue weighted by atomic mass is 9.59. The summed E-state index contributed by atoms with van der Waals surface area (Å²) >= 11 is 0. The summed E-state index contributed by atoms with van der Waals surface area (Å²) in [5, 5.41) is 6.18. The van der Waals surface area contributed by atoms with E-state index in [0.29, 0.717) is 24.2 Å². The van der Waals surface area contributed by atoms with Crippen molar-refractivity contribution in [1.82, 2.24) is 10.6 Å². The standard InChI is InChI=1S/C21H24N2O.ClH/c1-22-11-10-20(24)23-13-14-12-19-15-6-2-4-8-17(15)21(14)18-9-5-3-7-16(18)19;/h2-9,14,19,21-22H,10-13H2,1H3,(H,23,24);1H. The molecule has 132 valence electrons. The monoisotopic (exact) mass is 356 g/mol. The zero-order valence-corrected chi connectivity index (χ0v) is 15.3. The first kappa shape index (κ1) is 18.0. The SMILES string of the molecule is CNCCC(=O)NCC1CC2c3ccccc3C1c1ccccc12.Cl. The normalized spacial score (nSPS) is 22.5. The Morgan fingerprint density at radius 2 is 1.56 bits per heavy atom. The van der Waals surface area contributed by atoms with Crippen molar-refractivity contribution >= 4 is 18.3 Å². The number of hydrogen-bond acceptors (Lipinski definition) is 2. The van der Waals surface area contributed by atoms with Gasteiger partial charge in [0.05, 0.1) is 0 Å². The van der Waals surface area contributed by atoms with Crippen LogP contribution < -0.4 is 10.6 Å². The Labute approximate surface area is 155 Å². The van der Waals surface area contributed by atoms with Crippen molar-refractivity contribution < 1.29 is 4.79 Å². The molecule has 2 N–H and O–H groups in total. The first-order valence-electron chi connectivity index (χ1n) is 8.88. The van der Waals surface area contributed by atoms with E-state index in [1.165, 1.54) is 22.3 Å². The molecule has 5 rings (SSSR count). The van der Waals surface area contributed by atoms with E-state index >= 15 is 0 Å². The number of nitrogens with one attached hydrogen (secondary N) is 2. The fourth-order valence-electron chi connectivity index (χ4n) is 4.53. The molecule has 0 aliphatic heterocycles. The van der Waals surface area contributed by atoms with Crippen LogP contribution in [0, 0.1) is 5.92 Å². The summed E-state index contributed by atoms with van der Waals surface area (Å²) in [7, 11) is 1.88. The highest BCUT2D eigenvalue weighted by Crippen LogP contribution is 2.54. The fraction of sp³-hybridized carbons (Fsp3) is 0.381. The maximum atomic E-state index is 12.0. The van der Waals surface area contributed by atoms with Crippen molar-refractivity contribution in [3.8, 4) is 0 Å². The molecule has 0 heterocycles. The maximum absolute atomic E-state index is 12.0. The zero-order valence-electron chi connectivity index (χ0n) is 14.5. The van der Waals surface area contributed by atoms with Gasteiger partial charge >= 0.3 is 0 Å². The second kappa shape index (κ2) is 7.59. The number of benzene rings is 2. The van der Waals surface area contributed by atoms with Crippen LogP contribution >= 0.6 is 12.4 Å². The molecule has 0 radical (unpaired) electrons. The zero-order chi connectivity index (χ0) is 16.5. The maximum Gasteiger partial charge on any atom is 0.221 e. The fourth-order valence-corrected chi connectivity index (χ4v) is 4.53. The molecule has 0 fully saturated rings. The summed E-state index contributed by atoms with van der Waals surface area (Å²) in [4.78, 5) is 12.0. The third-order valence-electron chi connectivity index (χ3n) is 5.59. The molecule has 0 spiro atoms. The minimum Gasteiger partial charge on any atom is -0.356 e. The van der Waals surface area contributed by atoms with Gasteiger partial charge < -0.3 is 10.6 Å². The predicted molar refractivity (Wildman–Crippen MR) is 103 cm³/mol. The Morgan fingerprint density at radius 1 is 1.00 bits per heavy atom. The molecule has 3 aliphatic rings. The van der Waals surface area contributed by atoms with E-state index in [1.54, 1.807) is 0 Å². The predicted octanol–water partition coefficient (Wildman–Crippen LogP) is 3.43. The molecule has 25 heavy (non-hydrogen) atoms. The van der Waals surface area contributed by atoms with Crippen molar-refractivity contribution in [2.45, 2.75) is 24.7 Å². The number of fused-ring (bicyclic) bond motifs is 1. The Morgan fingerprint density at radius 3 is 2.12 bits per heavy atom. The van der Waals surface area contributed by atoms with Gasteiger partial charge in [0.1, 0.15) is 0 Å². The summed E-state index contributed by atoms with van der Waals surface area (Å²) in [6.07, 6.45) is 1.68. The molecule has 3 nitrogen and oxygen atoms in total. The lowest BCUT2D eigenvalue weighted by Crippen LogP contribution is -2.39. The van der Waals surface area contributed by atoms with E-state index in [2.05, 4.69) is 59.2 Å². The van der Waals surface area contributed by atoms with Gasteiger partial charge in [-0.2, -0.15) is 0 Å². The lowest BCUT2D eigenvalue weighted by molar-refractivity contribution is -0.121. The van der Waals surface area contributed by atoms with Gasteiger partial charge in [-0.05, 0) is 41.6 Å². The quantitative estimate of drug-likeness (QED) is 0.861. The molecule has 0 saturated heterocycles. The van der Waals surface area contributed by atoms with Gasteiger partial charge in [-0.3, -0.25) is 4.79 Å². The third kappa shape index (κ3) is 3.19.